The Kier molecular flexibility index (Phi) is 3.99. The van der Waals surface area contributed by atoms with E-state index in [9.17, 15) is 9.90 Å². The minimum absolute atomic E-state index is 0.195. The van der Waals surface area contributed by atoms with Crippen LogP contribution in [0, 0.1) is 0 Å². The van der Waals surface area contributed by atoms with Crippen molar-refractivity contribution in [3.63, 3.8) is 0 Å². The molecule has 1 saturated carbocycles. The maximum atomic E-state index is 11.8. The van der Waals surface area contributed by atoms with Crippen LogP contribution in [-0.2, 0) is 11.2 Å². The first-order valence-electron chi connectivity index (χ1n) is 6.39. The Morgan fingerprint density at radius 1 is 1.39 bits per heavy atom. The molecule has 1 aliphatic carbocycles. The van der Waals surface area contributed by atoms with Gasteiger partial charge in [0, 0.05) is 6.54 Å². The number of nitrogens with two attached hydrogens (primary N) is 1. The molecule has 0 radical (unpaired) electrons. The largest absolute Gasteiger partial charge is 0.388 e. The number of carbonyl (C=O) groups excluding carboxylic acids is 1. The zero-order valence-electron chi connectivity index (χ0n) is 10.4. The van der Waals surface area contributed by atoms with Crippen molar-refractivity contribution in [2.75, 3.05) is 6.54 Å². The van der Waals surface area contributed by atoms with Crippen molar-refractivity contribution < 1.29 is 9.90 Å². The lowest BCUT2D eigenvalue weighted by molar-refractivity contribution is -0.124. The lowest BCUT2D eigenvalue weighted by atomic mass is 9.80. The SMILES string of the molecule is N[C@@H](Cc1ccccc1)C(=O)NCC1(O)CCC1. The summed E-state index contributed by atoms with van der Waals surface area (Å²) < 4.78 is 0. The molecule has 0 saturated heterocycles. The van der Waals surface area contributed by atoms with E-state index in [0.717, 1.165) is 24.8 Å². The molecule has 1 fully saturated rings. The molecule has 1 amide bonds. The molecule has 0 unspecified atom stereocenters. The molecule has 4 N–H and O–H groups in total. The number of nitrogens with one attached hydrogen (secondary N) is 1. The molecule has 4 nitrogen and oxygen atoms in total. The summed E-state index contributed by atoms with van der Waals surface area (Å²) in [7, 11) is 0. The molecule has 1 atom stereocenters. The smallest absolute Gasteiger partial charge is 0.237 e. The third-order valence-corrected chi connectivity index (χ3v) is 3.51. The van der Waals surface area contributed by atoms with Gasteiger partial charge in [0.2, 0.25) is 5.91 Å². The number of rotatable bonds is 5. The van der Waals surface area contributed by atoms with Crippen LogP contribution < -0.4 is 11.1 Å². The van der Waals surface area contributed by atoms with Gasteiger partial charge < -0.3 is 16.2 Å². The van der Waals surface area contributed by atoms with Gasteiger partial charge in [0.1, 0.15) is 0 Å². The lowest BCUT2D eigenvalue weighted by Crippen LogP contribution is -2.51. The fraction of sp³-hybridized carbons (Fsp3) is 0.500. The van der Waals surface area contributed by atoms with Gasteiger partial charge in [0.25, 0.3) is 0 Å². The second kappa shape index (κ2) is 5.50. The van der Waals surface area contributed by atoms with Gasteiger partial charge in [-0.05, 0) is 31.2 Å². The Morgan fingerprint density at radius 2 is 2.06 bits per heavy atom. The van der Waals surface area contributed by atoms with E-state index in [1.54, 1.807) is 0 Å². The number of amides is 1. The van der Waals surface area contributed by atoms with E-state index in [1.807, 2.05) is 30.3 Å². The van der Waals surface area contributed by atoms with Crippen molar-refractivity contribution in [3.05, 3.63) is 35.9 Å². The Hall–Kier alpha value is -1.39. The monoisotopic (exact) mass is 248 g/mol. The minimum atomic E-state index is -0.692. The molecule has 0 heterocycles. The molecular weight excluding hydrogens is 228 g/mol. The third-order valence-electron chi connectivity index (χ3n) is 3.51. The molecule has 1 aromatic rings. The second-order valence-electron chi connectivity index (χ2n) is 5.09. The Morgan fingerprint density at radius 3 is 2.61 bits per heavy atom. The topological polar surface area (TPSA) is 75.4 Å². The predicted octanol–water partition coefficient (Wildman–Crippen LogP) is 0.588. The highest BCUT2D eigenvalue weighted by Crippen LogP contribution is 2.30. The standard InChI is InChI=1S/C14H20N2O2/c15-12(9-11-5-2-1-3-6-11)13(17)16-10-14(18)7-4-8-14/h1-3,5-6,12,18H,4,7-10,15H2,(H,16,17)/t12-/m0/s1. The quantitative estimate of drug-likeness (QED) is 0.714. The molecule has 98 valence electrons. The van der Waals surface area contributed by atoms with Crippen LogP contribution in [0.25, 0.3) is 0 Å². The molecular formula is C14H20N2O2. The van der Waals surface area contributed by atoms with Crippen molar-refractivity contribution in [2.45, 2.75) is 37.3 Å². The third kappa shape index (κ3) is 3.31. The first-order valence-corrected chi connectivity index (χ1v) is 6.39. The molecule has 0 spiro atoms. The lowest BCUT2D eigenvalue weighted by Gasteiger charge is -2.36. The Balaban J connectivity index is 1.78. The van der Waals surface area contributed by atoms with Crippen LogP contribution in [0.15, 0.2) is 30.3 Å². The summed E-state index contributed by atoms with van der Waals surface area (Å²) in [6, 6.07) is 9.13. The molecule has 0 aliphatic heterocycles. The highest BCUT2D eigenvalue weighted by Gasteiger charge is 2.34. The zero-order chi connectivity index (χ0) is 13.0. The predicted molar refractivity (Wildman–Crippen MR) is 69.9 cm³/mol. The fourth-order valence-corrected chi connectivity index (χ4v) is 2.11. The van der Waals surface area contributed by atoms with Gasteiger partial charge in [0.05, 0.1) is 11.6 Å². The Bertz CT molecular complexity index is 402. The summed E-state index contributed by atoms with van der Waals surface area (Å²) in [4.78, 5) is 11.8. The van der Waals surface area contributed by atoms with Crippen molar-refractivity contribution in [2.24, 2.45) is 5.73 Å². The summed E-state index contributed by atoms with van der Waals surface area (Å²) in [5, 5.41) is 12.6. The normalized spacial score (nSPS) is 18.8. The van der Waals surface area contributed by atoms with E-state index in [-0.39, 0.29) is 5.91 Å². The van der Waals surface area contributed by atoms with Crippen molar-refractivity contribution in [1.82, 2.24) is 5.32 Å². The summed E-state index contributed by atoms with van der Waals surface area (Å²) >= 11 is 0. The van der Waals surface area contributed by atoms with Gasteiger partial charge in [-0.2, -0.15) is 0 Å². The summed E-state index contributed by atoms with van der Waals surface area (Å²) in [5.74, 6) is -0.195. The second-order valence-corrected chi connectivity index (χ2v) is 5.09. The van der Waals surface area contributed by atoms with Gasteiger partial charge in [-0.25, -0.2) is 0 Å². The van der Waals surface area contributed by atoms with E-state index in [2.05, 4.69) is 5.32 Å². The molecule has 1 aromatic carbocycles. The number of hydrogen-bond donors (Lipinski definition) is 3. The first-order chi connectivity index (χ1) is 8.59. The van der Waals surface area contributed by atoms with Crippen LogP contribution in [0.1, 0.15) is 24.8 Å². The summed E-state index contributed by atoms with van der Waals surface area (Å²) in [5.41, 5.74) is 6.20. The zero-order valence-corrected chi connectivity index (χ0v) is 10.4. The molecule has 0 bridgehead atoms. The maximum Gasteiger partial charge on any atom is 0.237 e. The van der Waals surface area contributed by atoms with Crippen molar-refractivity contribution in [1.29, 1.82) is 0 Å². The molecule has 18 heavy (non-hydrogen) atoms. The number of aliphatic hydroxyl groups is 1. The van der Waals surface area contributed by atoms with Crippen LogP contribution in [0.2, 0.25) is 0 Å². The highest BCUT2D eigenvalue weighted by atomic mass is 16.3. The Labute approximate surface area is 107 Å². The molecule has 4 heteroatoms. The van der Waals surface area contributed by atoms with Crippen LogP contribution in [-0.4, -0.2) is 29.2 Å². The van der Waals surface area contributed by atoms with Crippen LogP contribution >= 0.6 is 0 Å². The van der Waals surface area contributed by atoms with E-state index in [4.69, 9.17) is 5.73 Å². The average molecular weight is 248 g/mol. The molecule has 1 aliphatic rings. The summed E-state index contributed by atoms with van der Waals surface area (Å²) in [6.45, 7) is 0.314. The maximum absolute atomic E-state index is 11.8. The van der Waals surface area contributed by atoms with Crippen LogP contribution in [0.5, 0.6) is 0 Å². The number of benzene rings is 1. The average Bonchev–Trinajstić information content (AvgIpc) is 2.34. The molecule has 2 rings (SSSR count). The first kappa shape index (κ1) is 13.1. The van der Waals surface area contributed by atoms with E-state index < -0.39 is 11.6 Å². The van der Waals surface area contributed by atoms with E-state index in [0.29, 0.717) is 13.0 Å². The van der Waals surface area contributed by atoms with Gasteiger partial charge in [-0.15, -0.1) is 0 Å². The van der Waals surface area contributed by atoms with Gasteiger partial charge >= 0.3 is 0 Å². The van der Waals surface area contributed by atoms with Crippen molar-refractivity contribution >= 4 is 5.91 Å². The van der Waals surface area contributed by atoms with Crippen LogP contribution in [0.4, 0.5) is 0 Å². The number of hydrogen-bond acceptors (Lipinski definition) is 3. The van der Waals surface area contributed by atoms with E-state index in [1.165, 1.54) is 0 Å². The van der Waals surface area contributed by atoms with Gasteiger partial charge in [-0.3, -0.25) is 4.79 Å². The fourth-order valence-electron chi connectivity index (χ4n) is 2.11. The minimum Gasteiger partial charge on any atom is -0.388 e. The van der Waals surface area contributed by atoms with E-state index >= 15 is 0 Å². The van der Waals surface area contributed by atoms with Crippen LogP contribution in [0.3, 0.4) is 0 Å². The van der Waals surface area contributed by atoms with Gasteiger partial charge in [-0.1, -0.05) is 30.3 Å². The van der Waals surface area contributed by atoms with Gasteiger partial charge in [0.15, 0.2) is 0 Å². The number of carbonyl (C=O) groups is 1. The highest BCUT2D eigenvalue weighted by molar-refractivity contribution is 5.81. The molecule has 0 aromatic heterocycles. The van der Waals surface area contributed by atoms with Crippen molar-refractivity contribution in [3.8, 4) is 0 Å². The summed E-state index contributed by atoms with van der Waals surface area (Å²) in [6.07, 6.45) is 3.08.